The number of nitrogens with zero attached hydrogens (tertiary/aromatic N) is 1. The first kappa shape index (κ1) is 23.0. The first-order valence-corrected chi connectivity index (χ1v) is 11.7. The molecule has 0 aliphatic carbocycles. The SMILES string of the molecule is CC(C)S(=O)(=O)Nc1ccc(C(=O)Nc2ccc(F)cc2N2C[C@@H](C)O[C@@H](C)C2)cc1. The molecule has 2 atom stereocenters. The molecule has 1 fully saturated rings. The molecule has 0 unspecified atom stereocenters. The van der Waals surface area contributed by atoms with E-state index in [1.54, 1.807) is 19.9 Å². The van der Waals surface area contributed by atoms with Gasteiger partial charge in [0.1, 0.15) is 5.82 Å². The molecule has 9 heteroatoms. The smallest absolute Gasteiger partial charge is 0.255 e. The summed E-state index contributed by atoms with van der Waals surface area (Å²) < 4.78 is 46.2. The van der Waals surface area contributed by atoms with E-state index in [1.807, 2.05) is 18.7 Å². The lowest BCUT2D eigenvalue weighted by molar-refractivity contribution is -0.00519. The molecule has 2 aromatic carbocycles. The number of carbonyl (C=O) groups is 1. The van der Waals surface area contributed by atoms with E-state index in [2.05, 4.69) is 10.0 Å². The topological polar surface area (TPSA) is 87.7 Å². The van der Waals surface area contributed by atoms with Gasteiger partial charge in [0.2, 0.25) is 10.0 Å². The van der Waals surface area contributed by atoms with Crippen LogP contribution in [0.3, 0.4) is 0 Å². The Morgan fingerprint density at radius 2 is 1.71 bits per heavy atom. The summed E-state index contributed by atoms with van der Waals surface area (Å²) in [5.74, 6) is -0.762. The number of ether oxygens (including phenoxy) is 1. The van der Waals surface area contributed by atoms with Crippen LogP contribution in [0.15, 0.2) is 42.5 Å². The minimum absolute atomic E-state index is 0.0160. The van der Waals surface area contributed by atoms with Crippen LogP contribution >= 0.6 is 0 Å². The zero-order valence-corrected chi connectivity index (χ0v) is 18.9. The van der Waals surface area contributed by atoms with E-state index in [-0.39, 0.29) is 23.9 Å². The van der Waals surface area contributed by atoms with Gasteiger partial charge in [-0.1, -0.05) is 0 Å². The van der Waals surface area contributed by atoms with Crippen molar-refractivity contribution in [3.8, 4) is 0 Å². The summed E-state index contributed by atoms with van der Waals surface area (Å²) in [6.45, 7) is 8.24. The van der Waals surface area contributed by atoms with Gasteiger partial charge < -0.3 is 15.0 Å². The van der Waals surface area contributed by atoms with Gasteiger partial charge in [-0.2, -0.15) is 0 Å². The third kappa shape index (κ3) is 5.74. The molecule has 2 aromatic rings. The van der Waals surface area contributed by atoms with Crippen molar-refractivity contribution in [3.63, 3.8) is 0 Å². The number of amides is 1. The van der Waals surface area contributed by atoms with E-state index in [9.17, 15) is 17.6 Å². The average Bonchev–Trinajstić information content (AvgIpc) is 2.68. The number of morpholine rings is 1. The predicted octanol–water partition coefficient (Wildman–Crippen LogP) is 3.84. The molecule has 2 N–H and O–H groups in total. The highest BCUT2D eigenvalue weighted by molar-refractivity contribution is 7.93. The third-order valence-corrected chi connectivity index (χ3v) is 6.76. The van der Waals surface area contributed by atoms with E-state index in [0.717, 1.165) is 0 Å². The molecule has 0 aromatic heterocycles. The third-order valence-electron chi connectivity index (χ3n) is 5.00. The van der Waals surface area contributed by atoms with Gasteiger partial charge in [0.25, 0.3) is 5.91 Å². The number of nitrogens with one attached hydrogen (secondary N) is 2. The van der Waals surface area contributed by atoms with Crippen molar-refractivity contribution >= 4 is 33.0 Å². The van der Waals surface area contributed by atoms with Crippen LogP contribution in [0.1, 0.15) is 38.1 Å². The minimum Gasteiger partial charge on any atom is -0.372 e. The molecule has 1 saturated heterocycles. The Bertz CT molecular complexity index is 1030. The molecule has 1 aliphatic heterocycles. The maximum Gasteiger partial charge on any atom is 0.255 e. The molecule has 168 valence electrons. The van der Waals surface area contributed by atoms with Crippen molar-refractivity contribution in [2.75, 3.05) is 28.0 Å². The highest BCUT2D eigenvalue weighted by Crippen LogP contribution is 2.30. The number of hydrogen-bond acceptors (Lipinski definition) is 5. The fraction of sp³-hybridized carbons (Fsp3) is 0.409. The summed E-state index contributed by atoms with van der Waals surface area (Å²) in [5, 5.41) is 2.27. The number of rotatable bonds is 6. The lowest BCUT2D eigenvalue weighted by Gasteiger charge is -2.37. The van der Waals surface area contributed by atoms with Crippen LogP contribution in [0.4, 0.5) is 21.5 Å². The van der Waals surface area contributed by atoms with Crippen molar-refractivity contribution in [2.24, 2.45) is 0 Å². The molecule has 7 nitrogen and oxygen atoms in total. The molecule has 0 saturated carbocycles. The minimum atomic E-state index is -3.47. The molecule has 1 amide bonds. The van der Waals surface area contributed by atoms with Crippen molar-refractivity contribution in [2.45, 2.75) is 45.2 Å². The van der Waals surface area contributed by atoms with Crippen LogP contribution in [0, 0.1) is 5.82 Å². The Kier molecular flexibility index (Phi) is 6.86. The Hall–Kier alpha value is -2.65. The summed E-state index contributed by atoms with van der Waals surface area (Å²) in [6.07, 6.45) is -0.0320. The molecule has 1 heterocycles. The van der Waals surface area contributed by atoms with E-state index in [0.29, 0.717) is 35.7 Å². The second-order valence-electron chi connectivity index (χ2n) is 8.05. The quantitative estimate of drug-likeness (QED) is 0.700. The maximum absolute atomic E-state index is 14.0. The van der Waals surface area contributed by atoms with Crippen LogP contribution in [0.25, 0.3) is 0 Å². The highest BCUT2D eigenvalue weighted by atomic mass is 32.2. The Labute approximate surface area is 182 Å². The zero-order valence-electron chi connectivity index (χ0n) is 18.1. The normalized spacial score (nSPS) is 19.4. The summed E-state index contributed by atoms with van der Waals surface area (Å²) >= 11 is 0. The van der Waals surface area contributed by atoms with E-state index >= 15 is 0 Å². The Morgan fingerprint density at radius 3 is 2.29 bits per heavy atom. The molecule has 0 spiro atoms. The monoisotopic (exact) mass is 449 g/mol. The number of anilines is 3. The summed E-state index contributed by atoms with van der Waals surface area (Å²) in [4.78, 5) is 14.8. The first-order valence-electron chi connectivity index (χ1n) is 10.2. The van der Waals surface area contributed by atoms with Gasteiger partial charge in [-0.25, -0.2) is 12.8 Å². The molecule has 0 radical (unpaired) electrons. The number of benzene rings is 2. The number of hydrogen-bond donors (Lipinski definition) is 2. The van der Waals surface area contributed by atoms with Crippen molar-refractivity contribution < 1.29 is 22.3 Å². The largest absolute Gasteiger partial charge is 0.372 e. The van der Waals surface area contributed by atoms with Gasteiger partial charge in [0, 0.05) is 24.3 Å². The molecular weight excluding hydrogens is 421 g/mol. The average molecular weight is 450 g/mol. The van der Waals surface area contributed by atoms with Gasteiger partial charge in [0.05, 0.1) is 28.8 Å². The van der Waals surface area contributed by atoms with Gasteiger partial charge in [-0.05, 0) is 70.2 Å². The lowest BCUT2D eigenvalue weighted by Crippen LogP contribution is -2.45. The van der Waals surface area contributed by atoms with Gasteiger partial charge in [0.15, 0.2) is 0 Å². The van der Waals surface area contributed by atoms with Crippen LogP contribution in [-0.2, 0) is 14.8 Å². The van der Waals surface area contributed by atoms with Crippen LogP contribution < -0.4 is 14.9 Å². The van der Waals surface area contributed by atoms with Crippen LogP contribution in [0.2, 0.25) is 0 Å². The standard InChI is InChI=1S/C22H28FN3O4S/c1-14(2)31(28,29)25-19-8-5-17(6-9-19)22(27)24-20-10-7-18(23)11-21(20)26-12-15(3)30-16(4)13-26/h5-11,14-16,25H,12-13H2,1-4H3,(H,24,27)/t15-,16+. The maximum atomic E-state index is 14.0. The van der Waals surface area contributed by atoms with Crippen LogP contribution in [0.5, 0.6) is 0 Å². The fourth-order valence-corrected chi connectivity index (χ4v) is 4.11. The second-order valence-corrected chi connectivity index (χ2v) is 10.3. The van der Waals surface area contributed by atoms with Crippen molar-refractivity contribution in [1.82, 2.24) is 0 Å². The Balaban J connectivity index is 1.78. The lowest BCUT2D eigenvalue weighted by atomic mass is 10.1. The van der Waals surface area contributed by atoms with E-state index < -0.39 is 15.3 Å². The fourth-order valence-electron chi connectivity index (χ4n) is 3.41. The number of carbonyl (C=O) groups excluding carboxylic acids is 1. The predicted molar refractivity (Wildman–Crippen MR) is 121 cm³/mol. The summed E-state index contributed by atoms with van der Waals surface area (Å²) in [5.41, 5.74) is 1.82. The molecular formula is C22H28FN3O4S. The Morgan fingerprint density at radius 1 is 1.10 bits per heavy atom. The summed E-state index contributed by atoms with van der Waals surface area (Å²) in [6, 6.07) is 10.4. The summed E-state index contributed by atoms with van der Waals surface area (Å²) in [7, 11) is -3.47. The van der Waals surface area contributed by atoms with Crippen LogP contribution in [-0.4, -0.2) is 44.9 Å². The van der Waals surface area contributed by atoms with Gasteiger partial charge >= 0.3 is 0 Å². The number of halogens is 1. The van der Waals surface area contributed by atoms with Crippen molar-refractivity contribution in [3.05, 3.63) is 53.8 Å². The first-order chi connectivity index (χ1) is 14.5. The molecule has 3 rings (SSSR count). The second kappa shape index (κ2) is 9.23. The molecule has 0 bridgehead atoms. The van der Waals surface area contributed by atoms with E-state index in [4.69, 9.17) is 4.74 Å². The number of sulfonamides is 1. The molecule has 1 aliphatic rings. The van der Waals surface area contributed by atoms with Crippen molar-refractivity contribution in [1.29, 1.82) is 0 Å². The van der Waals surface area contributed by atoms with Gasteiger partial charge in [-0.3, -0.25) is 9.52 Å². The zero-order chi connectivity index (χ0) is 22.8. The highest BCUT2D eigenvalue weighted by Gasteiger charge is 2.25. The van der Waals surface area contributed by atoms with Gasteiger partial charge in [-0.15, -0.1) is 0 Å². The molecule has 31 heavy (non-hydrogen) atoms. The van der Waals surface area contributed by atoms with E-state index in [1.165, 1.54) is 36.4 Å².